The average molecular weight is 430 g/mol. The second kappa shape index (κ2) is 11.2. The zero-order valence-corrected chi connectivity index (χ0v) is 17.2. The summed E-state index contributed by atoms with van der Waals surface area (Å²) in [6, 6.07) is 10.6. The van der Waals surface area contributed by atoms with Gasteiger partial charge in [-0.1, -0.05) is 6.07 Å². The van der Waals surface area contributed by atoms with Crippen LogP contribution in [0.5, 0.6) is 11.5 Å². The van der Waals surface area contributed by atoms with Crippen molar-refractivity contribution in [3.05, 3.63) is 53.6 Å². The van der Waals surface area contributed by atoms with E-state index in [0.717, 1.165) is 0 Å². The lowest BCUT2D eigenvalue weighted by molar-refractivity contribution is -0.146. The Bertz CT molecular complexity index is 974. The molecule has 0 aromatic heterocycles. The average Bonchev–Trinajstić information content (AvgIpc) is 2.80. The molecule has 2 amide bonds. The van der Waals surface area contributed by atoms with E-state index in [0.29, 0.717) is 17.2 Å². The minimum absolute atomic E-state index is 0.258. The summed E-state index contributed by atoms with van der Waals surface area (Å²) in [7, 11) is 4.16. The molecule has 0 aliphatic rings. The molecule has 2 rings (SSSR count). The summed E-state index contributed by atoms with van der Waals surface area (Å²) in [5, 5.41) is 4.89. The molecule has 31 heavy (non-hydrogen) atoms. The number of nitrogens with one attached hydrogen (secondary N) is 2. The molecule has 0 unspecified atom stereocenters. The summed E-state index contributed by atoms with van der Waals surface area (Å²) in [5.74, 6) is -1.66. The minimum Gasteiger partial charge on any atom is -0.493 e. The number of anilines is 1. The van der Waals surface area contributed by atoms with Crippen molar-refractivity contribution in [1.82, 2.24) is 5.32 Å². The van der Waals surface area contributed by atoms with Crippen LogP contribution in [0.3, 0.4) is 0 Å². The van der Waals surface area contributed by atoms with Gasteiger partial charge in [-0.05, 0) is 36.4 Å². The Balaban J connectivity index is 1.81. The molecule has 0 spiro atoms. The molecule has 10 nitrogen and oxygen atoms in total. The van der Waals surface area contributed by atoms with Gasteiger partial charge >= 0.3 is 11.9 Å². The van der Waals surface area contributed by atoms with Crippen LogP contribution in [0.2, 0.25) is 0 Å². The first-order valence-electron chi connectivity index (χ1n) is 9.02. The van der Waals surface area contributed by atoms with Crippen molar-refractivity contribution in [2.75, 3.05) is 39.8 Å². The van der Waals surface area contributed by atoms with Crippen molar-refractivity contribution in [2.45, 2.75) is 0 Å². The predicted molar refractivity (Wildman–Crippen MR) is 109 cm³/mol. The number of hydrogen-bond donors (Lipinski definition) is 2. The van der Waals surface area contributed by atoms with Gasteiger partial charge in [0.25, 0.3) is 11.8 Å². The van der Waals surface area contributed by atoms with Gasteiger partial charge in [-0.2, -0.15) is 0 Å². The van der Waals surface area contributed by atoms with Gasteiger partial charge in [0.1, 0.15) is 6.54 Å². The Morgan fingerprint density at radius 3 is 2.29 bits per heavy atom. The van der Waals surface area contributed by atoms with E-state index >= 15 is 0 Å². The highest BCUT2D eigenvalue weighted by atomic mass is 16.5. The summed E-state index contributed by atoms with van der Waals surface area (Å²) >= 11 is 0. The monoisotopic (exact) mass is 430 g/mol. The Hall–Kier alpha value is -4.08. The molecule has 2 N–H and O–H groups in total. The smallest absolute Gasteiger partial charge is 0.337 e. The van der Waals surface area contributed by atoms with E-state index in [9.17, 15) is 19.2 Å². The maximum absolute atomic E-state index is 12.2. The highest BCUT2D eigenvalue weighted by Crippen LogP contribution is 2.27. The number of methoxy groups -OCH3 is 3. The summed E-state index contributed by atoms with van der Waals surface area (Å²) in [6.45, 7) is -0.994. The van der Waals surface area contributed by atoms with E-state index in [-0.39, 0.29) is 11.1 Å². The van der Waals surface area contributed by atoms with Crippen LogP contribution in [-0.2, 0) is 19.1 Å². The number of ether oxygens (including phenoxy) is 4. The lowest BCUT2D eigenvalue weighted by Crippen LogP contribution is -2.32. The molecule has 0 heterocycles. The topological polar surface area (TPSA) is 129 Å². The highest BCUT2D eigenvalue weighted by Gasteiger charge is 2.14. The number of amides is 2. The summed E-state index contributed by atoms with van der Waals surface area (Å²) in [4.78, 5) is 47.4. The van der Waals surface area contributed by atoms with Gasteiger partial charge in [0, 0.05) is 11.3 Å². The summed E-state index contributed by atoms with van der Waals surface area (Å²) in [6.07, 6.45) is 0. The summed E-state index contributed by atoms with van der Waals surface area (Å²) in [5.41, 5.74) is 0.856. The van der Waals surface area contributed by atoms with E-state index in [1.807, 2.05) is 0 Å². The Labute approximate surface area is 178 Å². The van der Waals surface area contributed by atoms with Crippen molar-refractivity contribution in [2.24, 2.45) is 0 Å². The van der Waals surface area contributed by atoms with Gasteiger partial charge in [0.2, 0.25) is 0 Å². The molecule has 0 saturated heterocycles. The first kappa shape index (κ1) is 23.2. The maximum atomic E-state index is 12.2. The van der Waals surface area contributed by atoms with Crippen LogP contribution in [0.25, 0.3) is 0 Å². The van der Waals surface area contributed by atoms with Crippen molar-refractivity contribution in [1.29, 1.82) is 0 Å². The fourth-order valence-electron chi connectivity index (χ4n) is 2.47. The Kier molecular flexibility index (Phi) is 8.38. The molecule has 0 fully saturated rings. The largest absolute Gasteiger partial charge is 0.493 e. The van der Waals surface area contributed by atoms with E-state index in [1.165, 1.54) is 45.6 Å². The third kappa shape index (κ3) is 6.74. The SMILES string of the molecule is COC(=O)c1cccc(NC(=O)COC(=O)CNC(=O)c2ccc(OC)c(OC)c2)c1. The van der Waals surface area contributed by atoms with Crippen LogP contribution in [-0.4, -0.2) is 58.2 Å². The molecule has 0 aliphatic carbocycles. The summed E-state index contributed by atoms with van der Waals surface area (Å²) < 4.78 is 19.7. The zero-order valence-electron chi connectivity index (χ0n) is 17.2. The highest BCUT2D eigenvalue weighted by molar-refractivity contribution is 5.97. The van der Waals surface area contributed by atoms with Crippen LogP contribution >= 0.6 is 0 Å². The van der Waals surface area contributed by atoms with Crippen molar-refractivity contribution >= 4 is 29.4 Å². The Morgan fingerprint density at radius 1 is 0.871 bits per heavy atom. The molecule has 0 atom stereocenters. The van der Waals surface area contributed by atoms with E-state index < -0.39 is 36.9 Å². The number of carbonyl (C=O) groups excluding carboxylic acids is 4. The van der Waals surface area contributed by atoms with Crippen LogP contribution in [0.15, 0.2) is 42.5 Å². The molecule has 2 aromatic carbocycles. The second-order valence-corrected chi connectivity index (χ2v) is 6.03. The van der Waals surface area contributed by atoms with Gasteiger partial charge < -0.3 is 29.6 Å². The number of benzene rings is 2. The lowest BCUT2D eigenvalue weighted by atomic mass is 10.2. The molecule has 164 valence electrons. The molecule has 0 bridgehead atoms. The molecule has 0 aliphatic heterocycles. The third-order valence-electron chi connectivity index (χ3n) is 3.97. The van der Waals surface area contributed by atoms with Crippen molar-refractivity contribution < 1.29 is 38.1 Å². The fourth-order valence-corrected chi connectivity index (χ4v) is 2.47. The van der Waals surface area contributed by atoms with E-state index in [1.54, 1.807) is 18.2 Å². The van der Waals surface area contributed by atoms with Crippen molar-refractivity contribution in [3.63, 3.8) is 0 Å². The molecular weight excluding hydrogens is 408 g/mol. The number of rotatable bonds is 9. The molecule has 0 radical (unpaired) electrons. The lowest BCUT2D eigenvalue weighted by Gasteiger charge is -2.10. The number of esters is 2. The first-order valence-corrected chi connectivity index (χ1v) is 9.02. The molecular formula is C21H22N2O8. The van der Waals surface area contributed by atoms with Gasteiger partial charge in [-0.25, -0.2) is 4.79 Å². The van der Waals surface area contributed by atoms with Gasteiger partial charge in [-0.15, -0.1) is 0 Å². The standard InChI is InChI=1S/C21H22N2O8/c1-28-16-8-7-13(10-17(16)29-2)20(26)22-11-19(25)31-12-18(24)23-15-6-4-5-14(9-15)21(27)30-3/h4-10H,11-12H2,1-3H3,(H,22,26)(H,23,24). The van der Waals surface area contributed by atoms with Gasteiger partial charge in [-0.3, -0.25) is 14.4 Å². The fraction of sp³-hybridized carbons (Fsp3) is 0.238. The van der Waals surface area contributed by atoms with E-state index in [4.69, 9.17) is 14.2 Å². The minimum atomic E-state index is -0.799. The van der Waals surface area contributed by atoms with Gasteiger partial charge in [0.15, 0.2) is 18.1 Å². The molecule has 0 saturated carbocycles. The van der Waals surface area contributed by atoms with E-state index in [2.05, 4.69) is 15.4 Å². The third-order valence-corrected chi connectivity index (χ3v) is 3.97. The van der Waals surface area contributed by atoms with Crippen LogP contribution in [0.1, 0.15) is 20.7 Å². The molecule has 2 aromatic rings. The van der Waals surface area contributed by atoms with Crippen LogP contribution in [0, 0.1) is 0 Å². The quantitative estimate of drug-likeness (QED) is 0.571. The predicted octanol–water partition coefficient (Wildman–Crippen LogP) is 1.40. The maximum Gasteiger partial charge on any atom is 0.337 e. The first-order chi connectivity index (χ1) is 14.9. The number of hydrogen-bond acceptors (Lipinski definition) is 8. The Morgan fingerprint density at radius 2 is 1.61 bits per heavy atom. The van der Waals surface area contributed by atoms with Crippen LogP contribution in [0.4, 0.5) is 5.69 Å². The second-order valence-electron chi connectivity index (χ2n) is 6.03. The van der Waals surface area contributed by atoms with Crippen molar-refractivity contribution in [3.8, 4) is 11.5 Å². The normalized spacial score (nSPS) is 9.90. The zero-order chi connectivity index (χ0) is 22.8. The number of carbonyl (C=O) groups is 4. The van der Waals surface area contributed by atoms with Gasteiger partial charge in [0.05, 0.1) is 26.9 Å². The molecule has 10 heteroatoms. The van der Waals surface area contributed by atoms with Crippen LogP contribution < -0.4 is 20.1 Å².